The van der Waals surface area contributed by atoms with E-state index < -0.39 is 0 Å². The number of anilines is 2. The van der Waals surface area contributed by atoms with Crippen LogP contribution in [0.4, 0.5) is 15.8 Å². The van der Waals surface area contributed by atoms with Crippen LogP contribution in [0.3, 0.4) is 0 Å². The first-order valence-corrected chi connectivity index (χ1v) is 13.4. The summed E-state index contributed by atoms with van der Waals surface area (Å²) in [5, 5.41) is 2.95. The smallest absolute Gasteiger partial charge is 0.294 e. The van der Waals surface area contributed by atoms with Crippen molar-refractivity contribution in [1.29, 1.82) is 0 Å². The van der Waals surface area contributed by atoms with Gasteiger partial charge in [0.15, 0.2) is 11.5 Å². The average Bonchev–Trinajstić information content (AvgIpc) is 2.98. The molecular weight excluding hydrogens is 511 g/mol. The van der Waals surface area contributed by atoms with E-state index in [1.165, 1.54) is 11.0 Å². The Balaban J connectivity index is 1.12. The van der Waals surface area contributed by atoms with Crippen LogP contribution < -0.4 is 24.6 Å². The number of nitrogens with zero attached hydrogens (tertiary/aromatic N) is 3. The van der Waals surface area contributed by atoms with Crippen LogP contribution in [0.15, 0.2) is 78.6 Å². The number of rotatable bonds is 9. The van der Waals surface area contributed by atoms with E-state index in [2.05, 4.69) is 15.1 Å². The molecule has 0 saturated carbocycles. The van der Waals surface area contributed by atoms with Gasteiger partial charge in [-0.15, -0.1) is 0 Å². The van der Waals surface area contributed by atoms with Gasteiger partial charge in [0.2, 0.25) is 5.91 Å². The van der Waals surface area contributed by atoms with Gasteiger partial charge in [0.1, 0.15) is 18.1 Å². The second kappa shape index (κ2) is 12.7. The minimum atomic E-state index is -0.377. The Labute approximate surface area is 233 Å². The van der Waals surface area contributed by atoms with Crippen LogP contribution >= 0.6 is 0 Å². The molecule has 2 aliphatic rings. The number of nitrogens with one attached hydrogen (secondary N) is 1. The number of halogens is 1. The Bertz CT molecular complexity index is 1370. The fraction of sp³-hybridized carbons (Fsp3) is 0.290. The number of fused-ring (bicyclic) bond motifs is 1. The molecule has 0 atom stereocenters. The van der Waals surface area contributed by atoms with E-state index in [1.54, 1.807) is 31.4 Å². The lowest BCUT2D eigenvalue weighted by molar-refractivity contribution is -0.123. The molecule has 0 spiro atoms. The fourth-order valence-electron chi connectivity index (χ4n) is 4.92. The van der Waals surface area contributed by atoms with Crippen LogP contribution in [0, 0.1) is 5.82 Å². The van der Waals surface area contributed by atoms with Gasteiger partial charge in [-0.3, -0.25) is 19.4 Å². The highest BCUT2D eigenvalue weighted by atomic mass is 19.1. The molecule has 1 fully saturated rings. The van der Waals surface area contributed by atoms with E-state index in [0.29, 0.717) is 29.4 Å². The van der Waals surface area contributed by atoms with E-state index >= 15 is 0 Å². The van der Waals surface area contributed by atoms with Crippen molar-refractivity contribution in [3.05, 3.63) is 89.9 Å². The van der Waals surface area contributed by atoms with Crippen molar-refractivity contribution >= 4 is 29.3 Å². The summed E-state index contributed by atoms with van der Waals surface area (Å²) in [5.74, 6) is 0.570. The van der Waals surface area contributed by atoms with E-state index in [0.717, 1.165) is 44.7 Å². The van der Waals surface area contributed by atoms with Gasteiger partial charge in [-0.1, -0.05) is 36.4 Å². The molecule has 0 bridgehead atoms. The zero-order chi connectivity index (χ0) is 27.9. The van der Waals surface area contributed by atoms with Crippen LogP contribution in [0.2, 0.25) is 0 Å². The summed E-state index contributed by atoms with van der Waals surface area (Å²) in [5.41, 5.74) is 1.99. The van der Waals surface area contributed by atoms with Gasteiger partial charge in [0.25, 0.3) is 5.91 Å². The third-order valence-electron chi connectivity index (χ3n) is 7.09. The summed E-state index contributed by atoms with van der Waals surface area (Å²) in [6.45, 7) is 4.42. The topological polar surface area (TPSA) is 74.4 Å². The van der Waals surface area contributed by atoms with Crippen molar-refractivity contribution in [1.82, 2.24) is 10.2 Å². The molecule has 2 amide bonds. The second-order valence-corrected chi connectivity index (χ2v) is 9.73. The summed E-state index contributed by atoms with van der Waals surface area (Å²) in [6.07, 6.45) is 2.44. The Kier molecular flexibility index (Phi) is 8.61. The molecule has 8 nitrogen and oxygen atoms in total. The molecule has 1 N–H and O–H groups in total. The lowest BCUT2D eigenvalue weighted by atomic mass is 10.1. The van der Waals surface area contributed by atoms with Crippen LogP contribution in [0.1, 0.15) is 12.0 Å². The Morgan fingerprint density at radius 1 is 0.975 bits per heavy atom. The molecular formula is C31H33FN4O4. The molecule has 3 aromatic rings. The van der Waals surface area contributed by atoms with Crippen molar-refractivity contribution in [2.24, 2.45) is 0 Å². The Morgan fingerprint density at radius 3 is 2.40 bits per heavy atom. The van der Waals surface area contributed by atoms with Crippen LogP contribution in [0.5, 0.6) is 11.5 Å². The highest BCUT2D eigenvalue weighted by molar-refractivity contribution is 6.12. The zero-order valence-electron chi connectivity index (χ0n) is 22.5. The summed E-state index contributed by atoms with van der Waals surface area (Å²) >= 11 is 0. The lowest BCUT2D eigenvalue weighted by Gasteiger charge is -2.36. The highest BCUT2D eigenvalue weighted by Gasteiger charge is 2.31. The first kappa shape index (κ1) is 27.2. The normalized spacial score (nSPS) is 16.4. The van der Waals surface area contributed by atoms with Gasteiger partial charge in [0.05, 0.1) is 18.5 Å². The number of ether oxygens (including phenoxy) is 2. The van der Waals surface area contributed by atoms with Gasteiger partial charge in [-0.25, -0.2) is 4.39 Å². The number of carbonyl (C=O) groups excluding carboxylic acids is 2. The summed E-state index contributed by atoms with van der Waals surface area (Å²) in [4.78, 5) is 32.0. The number of methoxy groups -OCH3 is 1. The molecule has 1 saturated heterocycles. The number of amides is 2. The number of benzene rings is 3. The first-order valence-electron chi connectivity index (χ1n) is 13.4. The van der Waals surface area contributed by atoms with E-state index in [4.69, 9.17) is 9.47 Å². The summed E-state index contributed by atoms with van der Waals surface area (Å²) in [6, 6.07) is 21.3. The van der Waals surface area contributed by atoms with Crippen LogP contribution in [-0.4, -0.2) is 69.6 Å². The number of piperazine rings is 1. The van der Waals surface area contributed by atoms with E-state index in [-0.39, 0.29) is 29.9 Å². The molecule has 2 heterocycles. The van der Waals surface area contributed by atoms with Crippen molar-refractivity contribution in [2.75, 3.05) is 62.7 Å². The predicted octanol–water partition coefficient (Wildman–Crippen LogP) is 3.93. The third-order valence-corrected chi connectivity index (χ3v) is 7.09. The van der Waals surface area contributed by atoms with Crippen molar-refractivity contribution < 1.29 is 23.5 Å². The lowest BCUT2D eigenvalue weighted by Crippen LogP contribution is -2.47. The summed E-state index contributed by atoms with van der Waals surface area (Å²) in [7, 11) is 1.59. The largest absolute Gasteiger partial charge is 0.497 e. The quantitative estimate of drug-likeness (QED) is 0.325. The van der Waals surface area contributed by atoms with Gasteiger partial charge < -0.3 is 19.7 Å². The fourth-order valence-corrected chi connectivity index (χ4v) is 4.92. The molecule has 208 valence electrons. The SMILES string of the molecule is COc1ccc(/C=C2/Oc3ccccc3N(CC(=O)NCCCN3CCN(c4ccccc4F)CC3)C2=O)cc1. The maximum atomic E-state index is 14.1. The maximum absolute atomic E-state index is 14.1. The van der Waals surface area contributed by atoms with Gasteiger partial charge in [0, 0.05) is 32.7 Å². The van der Waals surface area contributed by atoms with Crippen LogP contribution in [-0.2, 0) is 9.59 Å². The second-order valence-electron chi connectivity index (χ2n) is 9.73. The van der Waals surface area contributed by atoms with E-state index in [1.807, 2.05) is 48.5 Å². The van der Waals surface area contributed by atoms with Gasteiger partial charge in [-0.05, 0) is 61.0 Å². The zero-order valence-corrected chi connectivity index (χ0v) is 22.5. The molecule has 0 radical (unpaired) electrons. The van der Waals surface area contributed by atoms with E-state index in [9.17, 15) is 14.0 Å². The number of para-hydroxylation sites is 3. The molecule has 5 rings (SSSR count). The van der Waals surface area contributed by atoms with Crippen molar-refractivity contribution in [2.45, 2.75) is 6.42 Å². The molecule has 9 heteroatoms. The molecule has 3 aromatic carbocycles. The van der Waals surface area contributed by atoms with Gasteiger partial charge in [-0.2, -0.15) is 0 Å². The summed E-state index contributed by atoms with van der Waals surface area (Å²) < 4.78 is 25.2. The first-order chi connectivity index (χ1) is 19.5. The predicted molar refractivity (Wildman–Crippen MR) is 153 cm³/mol. The van der Waals surface area contributed by atoms with Gasteiger partial charge >= 0.3 is 0 Å². The maximum Gasteiger partial charge on any atom is 0.294 e. The number of hydrogen-bond donors (Lipinski definition) is 1. The molecule has 40 heavy (non-hydrogen) atoms. The Hall–Kier alpha value is -4.37. The monoisotopic (exact) mass is 544 g/mol. The molecule has 0 aromatic heterocycles. The molecule has 0 unspecified atom stereocenters. The number of hydrogen-bond acceptors (Lipinski definition) is 6. The molecule has 2 aliphatic heterocycles. The molecule has 0 aliphatic carbocycles. The van der Waals surface area contributed by atoms with Crippen molar-refractivity contribution in [3.8, 4) is 11.5 Å². The van der Waals surface area contributed by atoms with Crippen LogP contribution in [0.25, 0.3) is 6.08 Å². The minimum absolute atomic E-state index is 0.111. The third kappa shape index (κ3) is 6.43. The standard InChI is InChI=1S/C31H33FN4O4/c1-39-24-13-11-23(12-14-24)21-29-31(38)36(27-9-4-5-10-28(27)40-29)22-30(37)33-15-6-16-34-17-19-35(20-18-34)26-8-3-2-7-25(26)32/h2-5,7-14,21H,6,15-20,22H2,1H3,(H,33,37)/b29-21+. The highest BCUT2D eigenvalue weighted by Crippen LogP contribution is 2.35. The number of carbonyl (C=O) groups is 2. The average molecular weight is 545 g/mol. The minimum Gasteiger partial charge on any atom is -0.497 e. The van der Waals surface area contributed by atoms with Crippen molar-refractivity contribution in [3.63, 3.8) is 0 Å². The Morgan fingerprint density at radius 2 is 1.68 bits per heavy atom.